The van der Waals surface area contributed by atoms with Crippen molar-refractivity contribution in [1.82, 2.24) is 4.98 Å². The van der Waals surface area contributed by atoms with Crippen LogP contribution in [0, 0.1) is 13.8 Å². The maximum Gasteiger partial charge on any atom is 0.222 e. The number of nitrogens with zero attached hydrogens (tertiary/aromatic N) is 1. The molecule has 0 bridgehead atoms. The normalized spacial score (nSPS) is 10.2. The van der Waals surface area contributed by atoms with Crippen LogP contribution in [0.15, 0.2) is 34.9 Å². The molecule has 0 aliphatic heterocycles. The van der Waals surface area contributed by atoms with Crippen molar-refractivity contribution in [2.24, 2.45) is 0 Å². The number of ether oxygens (including phenoxy) is 1. The molecule has 0 radical (unpaired) electrons. The van der Waals surface area contributed by atoms with Gasteiger partial charge in [0.25, 0.3) is 0 Å². The van der Waals surface area contributed by atoms with Crippen LogP contribution in [0.3, 0.4) is 0 Å². The molecule has 92 valence electrons. The summed E-state index contributed by atoms with van der Waals surface area (Å²) in [5.41, 5.74) is 2.41. The summed E-state index contributed by atoms with van der Waals surface area (Å²) in [6, 6.07) is 7.57. The Balaban J connectivity index is 2.34. The van der Waals surface area contributed by atoms with Gasteiger partial charge in [0.15, 0.2) is 6.29 Å². The van der Waals surface area contributed by atoms with E-state index in [-0.39, 0.29) is 0 Å². The zero-order chi connectivity index (χ0) is 13.1. The lowest BCUT2D eigenvalue weighted by atomic mass is 10.2. The van der Waals surface area contributed by atoms with Crippen LogP contribution in [-0.2, 0) is 0 Å². The van der Waals surface area contributed by atoms with Crippen molar-refractivity contribution in [3.63, 3.8) is 0 Å². The molecule has 0 spiro atoms. The van der Waals surface area contributed by atoms with Crippen LogP contribution in [0.1, 0.15) is 21.5 Å². The fraction of sp³-hybridized carbons (Fsp3) is 0.143. The van der Waals surface area contributed by atoms with E-state index >= 15 is 0 Å². The number of rotatable bonds is 3. The van der Waals surface area contributed by atoms with Crippen molar-refractivity contribution in [1.29, 1.82) is 0 Å². The Hall–Kier alpha value is -1.68. The smallest absolute Gasteiger partial charge is 0.222 e. The molecule has 0 fully saturated rings. The van der Waals surface area contributed by atoms with Crippen molar-refractivity contribution in [3.05, 3.63) is 51.6 Å². The van der Waals surface area contributed by atoms with Crippen molar-refractivity contribution in [3.8, 4) is 11.6 Å². The molecule has 1 aromatic carbocycles. The fourth-order valence-electron chi connectivity index (χ4n) is 1.54. The van der Waals surface area contributed by atoms with Gasteiger partial charge in [0.05, 0.1) is 0 Å². The predicted octanol–water partition coefficient (Wildman–Crippen LogP) is 4.07. The lowest BCUT2D eigenvalue weighted by molar-refractivity contribution is 0.112. The number of aryl methyl sites for hydroxylation is 2. The Morgan fingerprint density at radius 2 is 2.00 bits per heavy atom. The second kappa shape index (κ2) is 5.31. The number of aldehydes is 1. The predicted molar refractivity (Wildman–Crippen MR) is 73.3 cm³/mol. The van der Waals surface area contributed by atoms with E-state index in [4.69, 9.17) is 4.74 Å². The van der Waals surface area contributed by atoms with Crippen molar-refractivity contribution < 1.29 is 9.53 Å². The Bertz CT molecular complexity index is 596. The topological polar surface area (TPSA) is 39.2 Å². The van der Waals surface area contributed by atoms with E-state index < -0.39 is 0 Å². The number of halogens is 1. The highest BCUT2D eigenvalue weighted by Crippen LogP contribution is 2.28. The van der Waals surface area contributed by atoms with Gasteiger partial charge in [-0.1, -0.05) is 22.0 Å². The maximum atomic E-state index is 10.6. The van der Waals surface area contributed by atoms with Crippen LogP contribution < -0.4 is 4.74 Å². The van der Waals surface area contributed by atoms with E-state index in [1.807, 2.05) is 32.0 Å². The zero-order valence-electron chi connectivity index (χ0n) is 10.1. The van der Waals surface area contributed by atoms with Gasteiger partial charge in [-0.05, 0) is 37.6 Å². The first-order valence-corrected chi connectivity index (χ1v) is 6.25. The van der Waals surface area contributed by atoms with Gasteiger partial charge >= 0.3 is 0 Å². The number of aromatic nitrogens is 1. The first-order valence-electron chi connectivity index (χ1n) is 5.46. The lowest BCUT2D eigenvalue weighted by Gasteiger charge is -2.10. The molecule has 1 aromatic heterocycles. The summed E-state index contributed by atoms with van der Waals surface area (Å²) in [6.45, 7) is 3.83. The largest absolute Gasteiger partial charge is 0.438 e. The van der Waals surface area contributed by atoms with Gasteiger partial charge in [-0.15, -0.1) is 0 Å². The van der Waals surface area contributed by atoms with Gasteiger partial charge in [0.2, 0.25) is 5.88 Å². The van der Waals surface area contributed by atoms with Crippen LogP contribution in [0.25, 0.3) is 0 Å². The summed E-state index contributed by atoms with van der Waals surface area (Å²) in [5, 5.41) is 0. The number of carbonyl (C=O) groups is 1. The van der Waals surface area contributed by atoms with Gasteiger partial charge in [0, 0.05) is 21.8 Å². The van der Waals surface area contributed by atoms with Crippen LogP contribution in [0.2, 0.25) is 0 Å². The molecule has 2 rings (SSSR count). The SMILES string of the molecule is Cc1ccc(Br)cc1Oc1ncc(C=O)cc1C. The second-order valence-electron chi connectivity index (χ2n) is 4.02. The molecule has 18 heavy (non-hydrogen) atoms. The average molecular weight is 306 g/mol. The standard InChI is InChI=1S/C14H12BrNO2/c1-9-3-4-12(15)6-13(9)18-14-10(2)5-11(8-17)7-16-14/h3-8H,1-2H3. The Morgan fingerprint density at radius 3 is 2.67 bits per heavy atom. The molecule has 2 aromatic rings. The van der Waals surface area contributed by atoms with E-state index in [0.29, 0.717) is 11.4 Å². The summed E-state index contributed by atoms with van der Waals surface area (Å²) in [5.74, 6) is 1.26. The first kappa shape index (κ1) is 12.8. The fourth-order valence-corrected chi connectivity index (χ4v) is 1.88. The Morgan fingerprint density at radius 1 is 1.22 bits per heavy atom. The molecule has 0 saturated carbocycles. The molecule has 0 amide bonds. The number of benzene rings is 1. The molecule has 0 N–H and O–H groups in total. The van der Waals surface area contributed by atoms with Crippen LogP contribution in [0.4, 0.5) is 0 Å². The van der Waals surface area contributed by atoms with Gasteiger partial charge in [-0.3, -0.25) is 4.79 Å². The third-order valence-electron chi connectivity index (χ3n) is 2.54. The molecule has 1 heterocycles. The molecular formula is C14H12BrNO2. The summed E-state index contributed by atoms with van der Waals surface area (Å²) in [7, 11) is 0. The molecule has 4 heteroatoms. The van der Waals surface area contributed by atoms with Crippen LogP contribution in [0.5, 0.6) is 11.6 Å². The van der Waals surface area contributed by atoms with E-state index in [0.717, 1.165) is 27.6 Å². The Labute approximate surface area is 114 Å². The molecule has 3 nitrogen and oxygen atoms in total. The monoisotopic (exact) mass is 305 g/mol. The molecule has 0 unspecified atom stereocenters. The molecule has 0 saturated heterocycles. The number of hydrogen-bond donors (Lipinski definition) is 0. The van der Waals surface area contributed by atoms with E-state index in [1.54, 1.807) is 6.07 Å². The number of pyridine rings is 1. The van der Waals surface area contributed by atoms with E-state index in [2.05, 4.69) is 20.9 Å². The van der Waals surface area contributed by atoms with E-state index in [9.17, 15) is 4.79 Å². The minimum atomic E-state index is 0.516. The number of hydrogen-bond acceptors (Lipinski definition) is 3. The highest BCUT2D eigenvalue weighted by molar-refractivity contribution is 9.10. The maximum absolute atomic E-state index is 10.6. The lowest BCUT2D eigenvalue weighted by Crippen LogP contribution is -1.95. The third-order valence-corrected chi connectivity index (χ3v) is 3.04. The molecular weight excluding hydrogens is 294 g/mol. The minimum absolute atomic E-state index is 0.516. The number of carbonyl (C=O) groups excluding carboxylic acids is 1. The highest BCUT2D eigenvalue weighted by Gasteiger charge is 2.07. The van der Waals surface area contributed by atoms with Gasteiger partial charge in [-0.2, -0.15) is 0 Å². The Kier molecular flexibility index (Phi) is 3.77. The van der Waals surface area contributed by atoms with Crippen molar-refractivity contribution in [2.75, 3.05) is 0 Å². The third kappa shape index (κ3) is 2.76. The zero-order valence-corrected chi connectivity index (χ0v) is 11.7. The summed E-state index contributed by atoms with van der Waals surface area (Å²) >= 11 is 3.40. The minimum Gasteiger partial charge on any atom is -0.438 e. The molecule has 0 aliphatic carbocycles. The molecule has 0 aliphatic rings. The second-order valence-corrected chi connectivity index (χ2v) is 4.94. The average Bonchev–Trinajstić information content (AvgIpc) is 2.36. The summed E-state index contributed by atoms with van der Waals surface area (Å²) in [6.07, 6.45) is 2.27. The first-order chi connectivity index (χ1) is 8.60. The van der Waals surface area contributed by atoms with Crippen molar-refractivity contribution >= 4 is 22.2 Å². The van der Waals surface area contributed by atoms with E-state index in [1.165, 1.54) is 6.20 Å². The van der Waals surface area contributed by atoms with Gasteiger partial charge < -0.3 is 4.74 Å². The quantitative estimate of drug-likeness (QED) is 0.803. The summed E-state index contributed by atoms with van der Waals surface area (Å²) in [4.78, 5) is 14.8. The molecule has 0 atom stereocenters. The van der Waals surface area contributed by atoms with Crippen LogP contribution >= 0.6 is 15.9 Å². The van der Waals surface area contributed by atoms with Crippen LogP contribution in [-0.4, -0.2) is 11.3 Å². The highest BCUT2D eigenvalue weighted by atomic mass is 79.9. The van der Waals surface area contributed by atoms with Gasteiger partial charge in [0.1, 0.15) is 5.75 Å². The summed E-state index contributed by atoms with van der Waals surface area (Å²) < 4.78 is 6.71. The van der Waals surface area contributed by atoms with Crippen molar-refractivity contribution in [2.45, 2.75) is 13.8 Å². The van der Waals surface area contributed by atoms with Gasteiger partial charge in [-0.25, -0.2) is 4.98 Å².